The van der Waals surface area contributed by atoms with Crippen LogP contribution >= 0.6 is 0 Å². The van der Waals surface area contributed by atoms with E-state index in [1.54, 1.807) is 0 Å². The molecule has 134 valence electrons. The zero-order chi connectivity index (χ0) is 18.2. The largest absolute Gasteiger partial charge is 0.494 e. The number of rotatable bonds is 8. The van der Waals surface area contributed by atoms with Gasteiger partial charge in [0.05, 0.1) is 13.7 Å². The maximum atomic E-state index is 12.2. The summed E-state index contributed by atoms with van der Waals surface area (Å²) in [7, 11) is 6.08. The van der Waals surface area contributed by atoms with E-state index in [1.807, 2.05) is 52.3 Å². The monoisotopic (exact) mass is 342 g/mol. The predicted octanol–water partition coefficient (Wildman–Crippen LogP) is 1.80. The molecule has 2 rings (SSSR count). The third-order valence-electron chi connectivity index (χ3n) is 3.87. The van der Waals surface area contributed by atoms with Crippen molar-refractivity contribution >= 4 is 17.3 Å². The molecule has 1 amide bonds. The summed E-state index contributed by atoms with van der Waals surface area (Å²) in [6, 6.07) is 15.9. The second-order valence-electron chi connectivity index (χ2n) is 6.38. The number of likely N-dealkylation sites (N-methyl/N-ethyl adjacent to an activating group) is 1. The van der Waals surface area contributed by atoms with Crippen LogP contribution in [0, 0.1) is 0 Å². The van der Waals surface area contributed by atoms with Gasteiger partial charge in [0, 0.05) is 31.0 Å². The van der Waals surface area contributed by atoms with Crippen LogP contribution in [-0.2, 0) is 11.3 Å². The lowest BCUT2D eigenvalue weighted by atomic mass is 10.2. The summed E-state index contributed by atoms with van der Waals surface area (Å²) < 4.78 is 5.40. The number of ether oxygens (including phenoxy) is 1. The van der Waals surface area contributed by atoms with Gasteiger partial charge in [-0.05, 0) is 43.3 Å². The molecule has 0 aliphatic heterocycles. The number of amides is 1. The summed E-state index contributed by atoms with van der Waals surface area (Å²) in [5, 5.41) is 2.93. The topological polar surface area (TPSA) is 46.0 Å². The third-order valence-corrected chi connectivity index (χ3v) is 3.87. The van der Waals surface area contributed by atoms with Crippen LogP contribution in [0.3, 0.4) is 0 Å². The zero-order valence-corrected chi connectivity index (χ0v) is 15.5. The lowest BCUT2D eigenvalue weighted by Crippen LogP contribution is -3.08. The van der Waals surface area contributed by atoms with E-state index in [4.69, 9.17) is 4.74 Å². The summed E-state index contributed by atoms with van der Waals surface area (Å²) in [5.74, 6) is 0.816. The van der Waals surface area contributed by atoms with Crippen molar-refractivity contribution in [1.29, 1.82) is 0 Å². The van der Waals surface area contributed by atoms with Gasteiger partial charge in [0.2, 0.25) is 0 Å². The molecule has 0 fully saturated rings. The van der Waals surface area contributed by atoms with Gasteiger partial charge in [0.15, 0.2) is 6.54 Å². The summed E-state index contributed by atoms with van der Waals surface area (Å²) >= 11 is 0. The van der Waals surface area contributed by atoms with E-state index >= 15 is 0 Å². The van der Waals surface area contributed by atoms with Crippen molar-refractivity contribution in [3.05, 3.63) is 54.1 Å². The minimum atomic E-state index is 0.00608. The molecule has 5 heteroatoms. The molecule has 0 aliphatic rings. The normalized spacial score (nSPS) is 11.7. The molecule has 0 aromatic heterocycles. The highest BCUT2D eigenvalue weighted by atomic mass is 16.5. The van der Waals surface area contributed by atoms with E-state index in [0.29, 0.717) is 13.2 Å². The molecule has 0 aliphatic carbocycles. The average molecular weight is 342 g/mol. The first-order valence-electron chi connectivity index (χ1n) is 8.58. The number of benzene rings is 2. The smallest absolute Gasteiger partial charge is 0.279 e. The van der Waals surface area contributed by atoms with E-state index in [2.05, 4.69) is 34.5 Å². The van der Waals surface area contributed by atoms with E-state index in [9.17, 15) is 4.79 Å². The quantitative estimate of drug-likeness (QED) is 0.769. The summed E-state index contributed by atoms with van der Waals surface area (Å²) in [6.07, 6.45) is 0. The number of carbonyl (C=O) groups excluding carboxylic acids is 1. The maximum absolute atomic E-state index is 12.2. The van der Waals surface area contributed by atoms with Gasteiger partial charge >= 0.3 is 0 Å². The molecule has 2 aromatic rings. The van der Waals surface area contributed by atoms with Crippen molar-refractivity contribution < 1.29 is 14.4 Å². The van der Waals surface area contributed by atoms with Crippen molar-refractivity contribution in [3.63, 3.8) is 0 Å². The van der Waals surface area contributed by atoms with Gasteiger partial charge in [-0.2, -0.15) is 0 Å². The Kier molecular flexibility index (Phi) is 6.83. The summed E-state index contributed by atoms with van der Waals surface area (Å²) in [5.41, 5.74) is 3.18. The lowest BCUT2D eigenvalue weighted by molar-refractivity contribution is -0.885. The first kappa shape index (κ1) is 18.8. The molecule has 0 spiro atoms. The highest BCUT2D eigenvalue weighted by molar-refractivity contribution is 5.91. The minimum absolute atomic E-state index is 0.00608. The molecule has 2 aromatic carbocycles. The van der Waals surface area contributed by atoms with E-state index in [1.165, 1.54) is 11.3 Å². The van der Waals surface area contributed by atoms with Crippen molar-refractivity contribution in [2.45, 2.75) is 13.5 Å². The van der Waals surface area contributed by atoms with Gasteiger partial charge in [-0.25, -0.2) is 0 Å². The second-order valence-corrected chi connectivity index (χ2v) is 6.38. The Morgan fingerprint density at radius 1 is 1.08 bits per heavy atom. The fraction of sp³-hybridized carbons (Fsp3) is 0.350. The highest BCUT2D eigenvalue weighted by Gasteiger charge is 2.11. The Hall–Kier alpha value is -2.53. The van der Waals surface area contributed by atoms with Gasteiger partial charge in [0.25, 0.3) is 5.91 Å². The molecule has 0 heterocycles. The molecule has 2 N–H and O–H groups in total. The van der Waals surface area contributed by atoms with Gasteiger partial charge in [0.1, 0.15) is 12.3 Å². The fourth-order valence-corrected chi connectivity index (χ4v) is 2.60. The standard InChI is InChI=1S/C20H27N3O2/c1-5-25-19-12-8-17(9-13-19)21-20(24)15-23(4)14-16-6-10-18(11-7-16)22(2)3/h6-13H,5,14-15H2,1-4H3,(H,21,24)/p+1. The Morgan fingerprint density at radius 2 is 1.72 bits per heavy atom. The molecule has 0 radical (unpaired) electrons. The first-order valence-corrected chi connectivity index (χ1v) is 8.58. The molecule has 25 heavy (non-hydrogen) atoms. The van der Waals surface area contributed by atoms with Crippen LogP contribution in [0.5, 0.6) is 5.75 Å². The van der Waals surface area contributed by atoms with Gasteiger partial charge in [-0.15, -0.1) is 0 Å². The summed E-state index contributed by atoms with van der Waals surface area (Å²) in [4.78, 5) is 15.4. The lowest BCUT2D eigenvalue weighted by Gasteiger charge is -2.16. The molecule has 1 unspecified atom stereocenters. The van der Waals surface area contributed by atoms with Crippen LogP contribution in [0.15, 0.2) is 48.5 Å². The van der Waals surface area contributed by atoms with Crippen molar-refractivity contribution in [2.75, 3.05) is 44.5 Å². The Balaban J connectivity index is 1.82. The van der Waals surface area contributed by atoms with Gasteiger partial charge < -0.3 is 19.9 Å². The maximum Gasteiger partial charge on any atom is 0.279 e. The van der Waals surface area contributed by atoms with Crippen LogP contribution in [0.4, 0.5) is 11.4 Å². The molecule has 0 saturated carbocycles. The van der Waals surface area contributed by atoms with Crippen molar-refractivity contribution in [2.24, 2.45) is 0 Å². The first-order chi connectivity index (χ1) is 12.0. The van der Waals surface area contributed by atoms with Crippen LogP contribution in [-0.4, -0.2) is 40.2 Å². The number of carbonyl (C=O) groups is 1. The third kappa shape index (κ3) is 6.12. The second kappa shape index (κ2) is 9.08. The van der Waals surface area contributed by atoms with E-state index in [0.717, 1.165) is 22.9 Å². The Morgan fingerprint density at radius 3 is 2.28 bits per heavy atom. The number of nitrogens with zero attached hydrogens (tertiary/aromatic N) is 1. The minimum Gasteiger partial charge on any atom is -0.494 e. The van der Waals surface area contributed by atoms with Crippen LogP contribution in [0.2, 0.25) is 0 Å². The fourth-order valence-electron chi connectivity index (χ4n) is 2.60. The number of hydrogen-bond donors (Lipinski definition) is 2. The molecule has 5 nitrogen and oxygen atoms in total. The predicted molar refractivity (Wildman–Crippen MR) is 102 cm³/mol. The van der Waals surface area contributed by atoms with Crippen LogP contribution in [0.25, 0.3) is 0 Å². The number of hydrogen-bond acceptors (Lipinski definition) is 3. The molecule has 0 saturated heterocycles. The van der Waals surface area contributed by atoms with Gasteiger partial charge in [-0.3, -0.25) is 4.79 Å². The number of quaternary nitrogens is 1. The molecular formula is C20H28N3O2+. The number of anilines is 2. The van der Waals surface area contributed by atoms with Gasteiger partial charge in [-0.1, -0.05) is 12.1 Å². The average Bonchev–Trinajstić information content (AvgIpc) is 2.57. The summed E-state index contributed by atoms with van der Waals surface area (Å²) in [6.45, 7) is 3.81. The Bertz CT molecular complexity index is 666. The highest BCUT2D eigenvalue weighted by Crippen LogP contribution is 2.15. The van der Waals surface area contributed by atoms with Crippen LogP contribution < -0.4 is 19.9 Å². The van der Waals surface area contributed by atoms with Crippen LogP contribution in [0.1, 0.15) is 12.5 Å². The van der Waals surface area contributed by atoms with E-state index in [-0.39, 0.29) is 5.91 Å². The number of nitrogens with one attached hydrogen (secondary N) is 2. The SMILES string of the molecule is CCOc1ccc(NC(=O)C[NH+](C)Cc2ccc(N(C)C)cc2)cc1. The van der Waals surface area contributed by atoms with Crippen molar-refractivity contribution in [3.8, 4) is 5.75 Å². The zero-order valence-electron chi connectivity index (χ0n) is 15.5. The van der Waals surface area contributed by atoms with Crippen molar-refractivity contribution in [1.82, 2.24) is 0 Å². The molecular weight excluding hydrogens is 314 g/mol. The molecule has 0 bridgehead atoms. The molecule has 1 atom stereocenters. The van der Waals surface area contributed by atoms with E-state index < -0.39 is 0 Å². The Labute approximate surface area is 150 Å².